The van der Waals surface area contributed by atoms with Gasteiger partial charge in [0.05, 0.1) is 11.1 Å². The van der Waals surface area contributed by atoms with E-state index < -0.39 is 17.6 Å². The zero-order valence-electron chi connectivity index (χ0n) is 14.6. The number of nitriles is 1. The van der Waals surface area contributed by atoms with Crippen LogP contribution in [0.4, 0.5) is 18.9 Å². The van der Waals surface area contributed by atoms with Crippen LogP contribution in [0.5, 0.6) is 0 Å². The van der Waals surface area contributed by atoms with Gasteiger partial charge in [0.25, 0.3) is 5.91 Å². The van der Waals surface area contributed by atoms with Gasteiger partial charge < -0.3 is 5.32 Å². The maximum atomic E-state index is 12.8. The Morgan fingerprint density at radius 3 is 2.41 bits per heavy atom. The summed E-state index contributed by atoms with van der Waals surface area (Å²) in [6.45, 7) is 0. The summed E-state index contributed by atoms with van der Waals surface area (Å²) in [5.41, 5.74) is -0.397. The highest BCUT2D eigenvalue weighted by Gasteiger charge is 2.30. The molecule has 0 bridgehead atoms. The Hall–Kier alpha value is -2.95. The molecule has 0 spiro atoms. The van der Waals surface area contributed by atoms with Gasteiger partial charge in [0.15, 0.2) is 0 Å². The van der Waals surface area contributed by atoms with Crippen LogP contribution in [-0.2, 0) is 6.18 Å². The first kappa shape index (κ1) is 20.8. The molecule has 0 saturated heterocycles. The molecule has 8 heteroatoms. The fourth-order valence-corrected chi connectivity index (χ4v) is 3.46. The van der Waals surface area contributed by atoms with Crippen molar-refractivity contribution in [2.75, 3.05) is 5.32 Å². The second-order valence-corrected chi connectivity index (χ2v) is 7.46. The van der Waals surface area contributed by atoms with E-state index in [2.05, 4.69) is 11.4 Å². The Morgan fingerprint density at radius 2 is 1.76 bits per heavy atom. The highest BCUT2D eigenvalue weighted by atomic mass is 35.5. The first-order valence-corrected chi connectivity index (χ1v) is 9.42. The summed E-state index contributed by atoms with van der Waals surface area (Å²) in [6.07, 6.45) is -4.54. The van der Waals surface area contributed by atoms with Crippen molar-refractivity contribution < 1.29 is 18.0 Å². The van der Waals surface area contributed by atoms with E-state index in [0.717, 1.165) is 17.0 Å². The fourth-order valence-electron chi connectivity index (χ4n) is 2.45. The summed E-state index contributed by atoms with van der Waals surface area (Å²) in [4.78, 5) is 13.9. The summed E-state index contributed by atoms with van der Waals surface area (Å²) in [5.74, 6) is -0.696. The number of carbonyl (C=O) groups is 1. The number of halogens is 4. The first-order chi connectivity index (χ1) is 13.8. The third kappa shape index (κ3) is 5.31. The number of anilines is 1. The molecule has 0 aliphatic carbocycles. The number of carbonyl (C=O) groups excluding carboxylic acids is 1. The Balaban J connectivity index is 1.79. The Morgan fingerprint density at radius 1 is 1.03 bits per heavy atom. The van der Waals surface area contributed by atoms with E-state index in [1.807, 2.05) is 12.1 Å². The second kappa shape index (κ2) is 8.60. The van der Waals surface area contributed by atoms with Crippen molar-refractivity contribution >= 4 is 35.0 Å². The predicted molar refractivity (Wildman–Crippen MR) is 106 cm³/mol. The molecule has 3 aromatic carbocycles. The zero-order chi connectivity index (χ0) is 21.0. The molecule has 1 amide bonds. The largest absolute Gasteiger partial charge is 0.416 e. The van der Waals surface area contributed by atoms with Gasteiger partial charge in [-0.15, -0.1) is 0 Å². The number of nitrogens with zero attached hydrogens (tertiary/aromatic N) is 1. The normalized spacial score (nSPS) is 11.0. The summed E-state index contributed by atoms with van der Waals surface area (Å²) >= 11 is 7.22. The molecule has 1 N–H and O–H groups in total. The fraction of sp³-hybridized carbons (Fsp3) is 0.0476. The van der Waals surface area contributed by atoms with Crippen LogP contribution in [0.3, 0.4) is 0 Å². The highest BCUT2D eigenvalue weighted by molar-refractivity contribution is 7.99. The third-order valence-electron chi connectivity index (χ3n) is 3.85. The zero-order valence-corrected chi connectivity index (χ0v) is 16.2. The number of amides is 1. The van der Waals surface area contributed by atoms with Gasteiger partial charge in [0.2, 0.25) is 0 Å². The molecule has 0 aromatic heterocycles. The summed E-state index contributed by atoms with van der Waals surface area (Å²) < 4.78 is 38.5. The predicted octanol–water partition coefficient (Wildman–Crippen LogP) is 6.63. The quantitative estimate of drug-likeness (QED) is 0.503. The van der Waals surface area contributed by atoms with Crippen molar-refractivity contribution in [3.05, 3.63) is 88.4 Å². The number of nitrogens with one attached hydrogen (secondary N) is 1. The smallest absolute Gasteiger partial charge is 0.322 e. The van der Waals surface area contributed by atoms with Gasteiger partial charge >= 0.3 is 6.18 Å². The molecule has 3 aromatic rings. The molecular formula is C21H12ClF3N2OS. The van der Waals surface area contributed by atoms with Crippen LogP contribution >= 0.6 is 23.4 Å². The third-order valence-corrected chi connectivity index (χ3v) is 5.19. The van der Waals surface area contributed by atoms with Crippen molar-refractivity contribution in [3.63, 3.8) is 0 Å². The standard InChI is InChI=1S/C21H12ClF3N2OS/c22-16-4-7-18(8-5-16)29-19-9-6-17(11-14(19)12-26)27-20(28)13-2-1-3-15(10-13)21(23,24)25/h1-11H,(H,27,28). The minimum Gasteiger partial charge on any atom is -0.322 e. The molecule has 3 nitrogen and oxygen atoms in total. The molecule has 0 aliphatic rings. The molecule has 29 heavy (non-hydrogen) atoms. The average Bonchev–Trinajstić information content (AvgIpc) is 2.70. The Bertz CT molecular complexity index is 1090. The molecular weight excluding hydrogens is 421 g/mol. The van der Waals surface area contributed by atoms with Crippen LogP contribution in [-0.4, -0.2) is 5.91 Å². The van der Waals surface area contributed by atoms with Crippen molar-refractivity contribution in [2.24, 2.45) is 0 Å². The molecule has 146 valence electrons. The molecule has 0 aliphatic heterocycles. The van der Waals surface area contributed by atoms with E-state index in [9.17, 15) is 23.2 Å². The van der Waals surface area contributed by atoms with Crippen molar-refractivity contribution in [3.8, 4) is 6.07 Å². The maximum absolute atomic E-state index is 12.8. The van der Waals surface area contributed by atoms with Crippen LogP contribution in [0.15, 0.2) is 76.5 Å². The Kier molecular flexibility index (Phi) is 6.16. The topological polar surface area (TPSA) is 52.9 Å². The average molecular weight is 433 g/mol. The van der Waals surface area contributed by atoms with Gasteiger partial charge in [-0.2, -0.15) is 18.4 Å². The molecule has 0 fully saturated rings. The van der Waals surface area contributed by atoms with Gasteiger partial charge in [-0.25, -0.2) is 0 Å². The van der Waals surface area contributed by atoms with Crippen LogP contribution in [0.25, 0.3) is 0 Å². The molecule has 0 atom stereocenters. The summed E-state index contributed by atoms with van der Waals surface area (Å²) in [6, 6.07) is 18.0. The lowest BCUT2D eigenvalue weighted by molar-refractivity contribution is -0.137. The van der Waals surface area contributed by atoms with E-state index in [1.54, 1.807) is 24.3 Å². The van der Waals surface area contributed by atoms with Crippen molar-refractivity contribution in [2.45, 2.75) is 16.0 Å². The summed E-state index contributed by atoms with van der Waals surface area (Å²) in [5, 5.41) is 12.5. The van der Waals surface area contributed by atoms with Gasteiger partial charge in [0.1, 0.15) is 6.07 Å². The van der Waals surface area contributed by atoms with E-state index >= 15 is 0 Å². The van der Waals surface area contributed by atoms with E-state index in [1.165, 1.54) is 30.0 Å². The van der Waals surface area contributed by atoms with E-state index in [4.69, 9.17) is 11.6 Å². The molecule has 0 radical (unpaired) electrons. The lowest BCUT2D eigenvalue weighted by Crippen LogP contribution is -2.14. The summed E-state index contributed by atoms with van der Waals surface area (Å²) in [7, 11) is 0. The van der Waals surface area contributed by atoms with Gasteiger partial charge in [-0.1, -0.05) is 29.4 Å². The number of alkyl halides is 3. The number of hydrogen-bond acceptors (Lipinski definition) is 3. The van der Waals surface area contributed by atoms with Crippen LogP contribution in [0, 0.1) is 11.3 Å². The van der Waals surface area contributed by atoms with E-state index in [-0.39, 0.29) is 5.56 Å². The lowest BCUT2D eigenvalue weighted by Gasteiger charge is -2.11. The lowest BCUT2D eigenvalue weighted by atomic mass is 10.1. The molecule has 3 rings (SSSR count). The van der Waals surface area contributed by atoms with Crippen LogP contribution in [0.2, 0.25) is 5.02 Å². The monoisotopic (exact) mass is 432 g/mol. The minimum absolute atomic E-state index is 0.127. The maximum Gasteiger partial charge on any atom is 0.416 e. The second-order valence-electron chi connectivity index (χ2n) is 5.91. The highest BCUT2D eigenvalue weighted by Crippen LogP contribution is 2.33. The van der Waals surface area contributed by atoms with Gasteiger partial charge in [-0.05, 0) is 60.7 Å². The van der Waals surface area contributed by atoms with Crippen LogP contribution in [0.1, 0.15) is 21.5 Å². The van der Waals surface area contributed by atoms with Gasteiger partial charge in [-0.3, -0.25) is 4.79 Å². The number of hydrogen-bond donors (Lipinski definition) is 1. The number of rotatable bonds is 4. The molecule has 0 unspecified atom stereocenters. The van der Waals surface area contributed by atoms with E-state index in [0.29, 0.717) is 21.2 Å². The van der Waals surface area contributed by atoms with Crippen LogP contribution < -0.4 is 5.32 Å². The first-order valence-electron chi connectivity index (χ1n) is 8.22. The van der Waals surface area contributed by atoms with Crippen molar-refractivity contribution in [1.82, 2.24) is 0 Å². The van der Waals surface area contributed by atoms with Gasteiger partial charge in [0, 0.05) is 26.1 Å². The Labute approximate surface area is 174 Å². The molecule has 0 heterocycles. The van der Waals surface area contributed by atoms with Crippen molar-refractivity contribution in [1.29, 1.82) is 5.26 Å². The SMILES string of the molecule is N#Cc1cc(NC(=O)c2cccc(C(F)(F)F)c2)ccc1Sc1ccc(Cl)cc1. The number of benzene rings is 3. The molecule has 0 saturated carbocycles. The minimum atomic E-state index is -4.54.